The van der Waals surface area contributed by atoms with Crippen molar-refractivity contribution in [3.05, 3.63) is 0 Å². The number of nitrogens with one attached hydrogen (secondary N) is 1. The average Bonchev–Trinajstić information content (AvgIpc) is 2.04. The van der Waals surface area contributed by atoms with Gasteiger partial charge in [-0.2, -0.15) is 0 Å². The van der Waals surface area contributed by atoms with Crippen molar-refractivity contribution in [2.45, 2.75) is 25.7 Å². The van der Waals surface area contributed by atoms with Gasteiger partial charge >= 0.3 is 0 Å². The molecule has 12 heavy (non-hydrogen) atoms. The highest BCUT2D eigenvalue weighted by Crippen LogP contribution is 2.41. The first-order chi connectivity index (χ1) is 5.90. The van der Waals surface area contributed by atoms with Crippen LogP contribution >= 0.6 is 0 Å². The van der Waals surface area contributed by atoms with Crippen molar-refractivity contribution >= 4 is 0 Å². The van der Waals surface area contributed by atoms with E-state index >= 15 is 0 Å². The third-order valence-electron chi connectivity index (χ3n) is 3.58. The van der Waals surface area contributed by atoms with Crippen LogP contribution in [0, 0.1) is 17.8 Å². The lowest BCUT2D eigenvalue weighted by Gasteiger charge is -2.41. The predicted molar refractivity (Wildman–Crippen MR) is 48.9 cm³/mol. The fourth-order valence-electron chi connectivity index (χ4n) is 2.64. The Morgan fingerprint density at radius 3 is 2.33 bits per heavy atom. The van der Waals surface area contributed by atoms with Gasteiger partial charge in [0.15, 0.2) is 0 Å². The monoisotopic (exact) mass is 169 g/mol. The van der Waals surface area contributed by atoms with E-state index in [0.29, 0.717) is 12.5 Å². The number of rotatable bonds is 2. The molecule has 0 aromatic heterocycles. The molecule has 0 spiro atoms. The van der Waals surface area contributed by atoms with Crippen LogP contribution in [0.3, 0.4) is 0 Å². The summed E-state index contributed by atoms with van der Waals surface area (Å²) in [6.45, 7) is 2.84. The summed E-state index contributed by atoms with van der Waals surface area (Å²) in [7, 11) is 0. The lowest BCUT2D eigenvalue weighted by Crippen LogP contribution is -2.38. The molecule has 0 radical (unpaired) electrons. The lowest BCUT2D eigenvalue weighted by atomic mass is 9.66. The zero-order valence-corrected chi connectivity index (χ0v) is 7.63. The quantitative estimate of drug-likeness (QED) is 0.646. The molecule has 0 atom stereocenters. The van der Waals surface area contributed by atoms with Crippen molar-refractivity contribution in [2.24, 2.45) is 17.8 Å². The summed E-state index contributed by atoms with van der Waals surface area (Å²) in [6, 6.07) is 0. The van der Waals surface area contributed by atoms with Crippen LogP contribution in [0.1, 0.15) is 25.7 Å². The number of piperidine rings is 1. The Bertz CT molecular complexity index is 137. The molecule has 1 aliphatic heterocycles. The number of aliphatic hydroxyl groups excluding tert-OH is 1. The van der Waals surface area contributed by atoms with E-state index in [-0.39, 0.29) is 0 Å². The molecule has 0 aromatic carbocycles. The third-order valence-corrected chi connectivity index (χ3v) is 3.58. The molecule has 2 nitrogen and oxygen atoms in total. The Morgan fingerprint density at radius 1 is 1.08 bits per heavy atom. The largest absolute Gasteiger partial charge is 0.396 e. The van der Waals surface area contributed by atoms with E-state index in [0.717, 1.165) is 11.8 Å². The van der Waals surface area contributed by atoms with Gasteiger partial charge in [-0.1, -0.05) is 0 Å². The highest BCUT2D eigenvalue weighted by atomic mass is 16.3. The SMILES string of the molecule is OCC1CC(C2CCNCC2)C1. The standard InChI is InChI=1S/C10H19NO/c12-7-8-5-10(6-8)9-1-3-11-4-2-9/h8-12H,1-7H2. The molecule has 2 rings (SSSR count). The molecule has 1 saturated heterocycles. The van der Waals surface area contributed by atoms with Gasteiger partial charge in [0.2, 0.25) is 0 Å². The molecule has 2 heteroatoms. The lowest BCUT2D eigenvalue weighted by molar-refractivity contribution is 0.0580. The molecule has 2 fully saturated rings. The van der Waals surface area contributed by atoms with E-state index < -0.39 is 0 Å². The zero-order valence-electron chi connectivity index (χ0n) is 7.63. The molecule has 0 unspecified atom stereocenters. The van der Waals surface area contributed by atoms with Crippen LogP contribution in [0.4, 0.5) is 0 Å². The van der Waals surface area contributed by atoms with Crippen LogP contribution in [0.15, 0.2) is 0 Å². The van der Waals surface area contributed by atoms with Gasteiger partial charge in [-0.15, -0.1) is 0 Å². The summed E-state index contributed by atoms with van der Waals surface area (Å²) in [4.78, 5) is 0. The van der Waals surface area contributed by atoms with Crippen molar-refractivity contribution < 1.29 is 5.11 Å². The number of aliphatic hydroxyl groups is 1. The van der Waals surface area contributed by atoms with Crippen molar-refractivity contribution in [3.8, 4) is 0 Å². The van der Waals surface area contributed by atoms with E-state index in [1.807, 2.05) is 0 Å². The first-order valence-electron chi connectivity index (χ1n) is 5.21. The number of hydrogen-bond donors (Lipinski definition) is 2. The van der Waals surface area contributed by atoms with Gasteiger partial charge in [0.1, 0.15) is 0 Å². The molecule has 70 valence electrons. The molecular formula is C10H19NO. The predicted octanol–water partition coefficient (Wildman–Crippen LogP) is 1.00. The van der Waals surface area contributed by atoms with E-state index in [1.54, 1.807) is 0 Å². The van der Waals surface area contributed by atoms with Gasteiger partial charge in [-0.3, -0.25) is 0 Å². The summed E-state index contributed by atoms with van der Waals surface area (Å²) >= 11 is 0. The molecular weight excluding hydrogens is 150 g/mol. The Morgan fingerprint density at radius 2 is 1.75 bits per heavy atom. The number of hydrogen-bond acceptors (Lipinski definition) is 2. The van der Waals surface area contributed by atoms with Crippen LogP contribution in [-0.2, 0) is 0 Å². The average molecular weight is 169 g/mol. The van der Waals surface area contributed by atoms with Gasteiger partial charge < -0.3 is 10.4 Å². The maximum atomic E-state index is 8.89. The minimum Gasteiger partial charge on any atom is -0.396 e. The fourth-order valence-corrected chi connectivity index (χ4v) is 2.64. The van der Waals surface area contributed by atoms with Crippen LogP contribution in [-0.4, -0.2) is 24.8 Å². The third kappa shape index (κ3) is 1.64. The summed E-state index contributed by atoms with van der Waals surface area (Å²) in [6.07, 6.45) is 5.31. The summed E-state index contributed by atoms with van der Waals surface area (Å²) in [5.41, 5.74) is 0. The summed E-state index contributed by atoms with van der Waals surface area (Å²) < 4.78 is 0. The molecule has 0 aromatic rings. The zero-order chi connectivity index (χ0) is 8.39. The molecule has 2 N–H and O–H groups in total. The molecule has 1 heterocycles. The van der Waals surface area contributed by atoms with Crippen molar-refractivity contribution in [3.63, 3.8) is 0 Å². The maximum Gasteiger partial charge on any atom is 0.0459 e. The highest BCUT2D eigenvalue weighted by molar-refractivity contribution is 4.86. The minimum atomic E-state index is 0.418. The molecule has 2 aliphatic rings. The summed E-state index contributed by atoms with van der Waals surface area (Å²) in [5, 5.41) is 12.3. The minimum absolute atomic E-state index is 0.418. The van der Waals surface area contributed by atoms with Crippen LogP contribution in [0.5, 0.6) is 0 Å². The molecule has 1 aliphatic carbocycles. The molecule has 0 bridgehead atoms. The smallest absolute Gasteiger partial charge is 0.0459 e. The second-order valence-electron chi connectivity index (χ2n) is 4.37. The van der Waals surface area contributed by atoms with Gasteiger partial charge in [0, 0.05) is 6.61 Å². The van der Waals surface area contributed by atoms with Crippen molar-refractivity contribution in [2.75, 3.05) is 19.7 Å². The van der Waals surface area contributed by atoms with Crippen LogP contribution in [0.2, 0.25) is 0 Å². The fraction of sp³-hybridized carbons (Fsp3) is 1.00. The van der Waals surface area contributed by atoms with Gasteiger partial charge in [-0.25, -0.2) is 0 Å². The normalized spacial score (nSPS) is 37.8. The van der Waals surface area contributed by atoms with Gasteiger partial charge in [0.05, 0.1) is 0 Å². The van der Waals surface area contributed by atoms with Crippen LogP contribution < -0.4 is 5.32 Å². The summed E-state index contributed by atoms with van der Waals surface area (Å²) in [5.74, 6) is 2.56. The first kappa shape index (κ1) is 8.52. The van der Waals surface area contributed by atoms with Gasteiger partial charge in [-0.05, 0) is 56.5 Å². The Balaban J connectivity index is 1.72. The van der Waals surface area contributed by atoms with E-state index in [1.165, 1.54) is 38.8 Å². The Kier molecular flexibility index (Phi) is 2.66. The van der Waals surface area contributed by atoms with E-state index in [2.05, 4.69) is 5.32 Å². The van der Waals surface area contributed by atoms with Gasteiger partial charge in [0.25, 0.3) is 0 Å². The van der Waals surface area contributed by atoms with Crippen LogP contribution in [0.25, 0.3) is 0 Å². The van der Waals surface area contributed by atoms with Crippen molar-refractivity contribution in [1.82, 2.24) is 5.32 Å². The Labute approximate surface area is 74.4 Å². The van der Waals surface area contributed by atoms with E-state index in [9.17, 15) is 0 Å². The van der Waals surface area contributed by atoms with E-state index in [4.69, 9.17) is 5.11 Å². The highest BCUT2D eigenvalue weighted by Gasteiger charge is 2.34. The molecule has 0 amide bonds. The maximum absolute atomic E-state index is 8.89. The van der Waals surface area contributed by atoms with Crippen molar-refractivity contribution in [1.29, 1.82) is 0 Å². The second-order valence-corrected chi connectivity index (χ2v) is 4.37. The molecule has 1 saturated carbocycles. The topological polar surface area (TPSA) is 32.3 Å². The first-order valence-corrected chi connectivity index (χ1v) is 5.21. The second kappa shape index (κ2) is 3.75. The Hall–Kier alpha value is -0.0800.